The molecule has 1 rings (SSSR count). The van der Waals surface area contributed by atoms with Crippen LogP contribution in [0.5, 0.6) is 0 Å². The minimum atomic E-state index is -0.830. The molecule has 0 fully saturated rings. The summed E-state index contributed by atoms with van der Waals surface area (Å²) in [5, 5.41) is 0. The molecule has 19 heavy (non-hydrogen) atoms. The summed E-state index contributed by atoms with van der Waals surface area (Å²) in [6.07, 6.45) is 0.836. The van der Waals surface area contributed by atoms with Crippen molar-refractivity contribution in [2.75, 3.05) is 13.2 Å². The van der Waals surface area contributed by atoms with Crippen LogP contribution in [0.1, 0.15) is 24.2 Å². The van der Waals surface area contributed by atoms with E-state index in [1.807, 2.05) is 6.07 Å². The Kier molecular flexibility index (Phi) is 5.30. The van der Waals surface area contributed by atoms with Crippen LogP contribution in [0, 0.1) is 5.41 Å². The number of nitrogens with zero attached hydrogens (tertiary/aromatic N) is 2. The standard InChI is InChI=1S/C14H16N2O3/c1-14(2,13(18)8-16-15)10-19-9-12(17)11-6-4-3-5-7-11/h3-8H,9-10H2,1-2H3. The van der Waals surface area contributed by atoms with E-state index in [1.165, 1.54) is 0 Å². The summed E-state index contributed by atoms with van der Waals surface area (Å²) in [4.78, 5) is 26.0. The zero-order valence-corrected chi connectivity index (χ0v) is 11.0. The largest absolute Gasteiger partial charge is 0.372 e. The number of ether oxygens (including phenoxy) is 1. The van der Waals surface area contributed by atoms with E-state index in [2.05, 4.69) is 4.79 Å². The van der Waals surface area contributed by atoms with Crippen molar-refractivity contribution < 1.29 is 19.1 Å². The number of Topliss-reactive ketones (excluding diaryl/α,β-unsaturated/α-hetero) is 2. The molecule has 0 atom stereocenters. The van der Waals surface area contributed by atoms with Crippen LogP contribution < -0.4 is 0 Å². The predicted molar refractivity (Wildman–Crippen MR) is 70.1 cm³/mol. The number of carbonyl (C=O) groups is 2. The fourth-order valence-corrected chi connectivity index (χ4v) is 1.40. The topological polar surface area (TPSA) is 79.8 Å². The molecule has 0 radical (unpaired) electrons. The molecule has 0 aliphatic rings. The average molecular weight is 260 g/mol. The van der Waals surface area contributed by atoms with E-state index in [0.29, 0.717) is 5.56 Å². The zero-order valence-electron chi connectivity index (χ0n) is 11.0. The van der Waals surface area contributed by atoms with Gasteiger partial charge in [0.05, 0.1) is 12.0 Å². The molecular weight excluding hydrogens is 244 g/mol. The van der Waals surface area contributed by atoms with Crippen LogP contribution >= 0.6 is 0 Å². The smallest absolute Gasteiger partial charge is 0.323 e. The van der Waals surface area contributed by atoms with Gasteiger partial charge in [-0.2, -0.15) is 4.79 Å². The first-order chi connectivity index (χ1) is 8.97. The lowest BCUT2D eigenvalue weighted by Gasteiger charge is -2.18. The van der Waals surface area contributed by atoms with Gasteiger partial charge in [-0.1, -0.05) is 44.2 Å². The van der Waals surface area contributed by atoms with Gasteiger partial charge in [0.15, 0.2) is 5.78 Å². The van der Waals surface area contributed by atoms with E-state index in [4.69, 9.17) is 10.3 Å². The van der Waals surface area contributed by atoms with Crippen LogP contribution in [0.25, 0.3) is 5.53 Å². The van der Waals surface area contributed by atoms with Crippen molar-refractivity contribution in [2.45, 2.75) is 13.8 Å². The van der Waals surface area contributed by atoms with Gasteiger partial charge in [0.1, 0.15) is 6.61 Å². The molecule has 0 saturated heterocycles. The Balaban J connectivity index is 2.48. The lowest BCUT2D eigenvalue weighted by molar-refractivity contribution is -0.126. The average Bonchev–Trinajstić information content (AvgIpc) is 2.39. The van der Waals surface area contributed by atoms with Crippen molar-refractivity contribution in [3.8, 4) is 0 Å². The summed E-state index contributed by atoms with van der Waals surface area (Å²) in [6, 6.07) is 8.80. The van der Waals surface area contributed by atoms with Crippen molar-refractivity contribution in [3.63, 3.8) is 0 Å². The minimum Gasteiger partial charge on any atom is -0.372 e. The van der Waals surface area contributed by atoms with Crippen molar-refractivity contribution in [2.24, 2.45) is 5.41 Å². The SMILES string of the molecule is CC(C)(COCC(=O)c1ccccc1)C(=O)C=[N+]=[N-]. The van der Waals surface area contributed by atoms with E-state index in [0.717, 1.165) is 6.21 Å². The van der Waals surface area contributed by atoms with E-state index in [9.17, 15) is 9.59 Å². The van der Waals surface area contributed by atoms with Crippen molar-refractivity contribution >= 4 is 17.8 Å². The third-order valence-corrected chi connectivity index (χ3v) is 2.63. The molecule has 0 amide bonds. The van der Waals surface area contributed by atoms with E-state index in [-0.39, 0.29) is 24.8 Å². The molecular formula is C14H16N2O3. The molecule has 0 saturated carbocycles. The number of carbonyl (C=O) groups excluding carboxylic acids is 2. The number of ketones is 2. The van der Waals surface area contributed by atoms with E-state index < -0.39 is 5.41 Å². The number of rotatable bonds is 7. The first-order valence-electron chi connectivity index (χ1n) is 5.85. The van der Waals surface area contributed by atoms with Gasteiger partial charge in [0, 0.05) is 5.56 Å². The monoisotopic (exact) mass is 260 g/mol. The van der Waals surface area contributed by atoms with Crippen LogP contribution in [0.3, 0.4) is 0 Å². The van der Waals surface area contributed by atoms with E-state index >= 15 is 0 Å². The fraction of sp³-hybridized carbons (Fsp3) is 0.357. The second-order valence-corrected chi connectivity index (χ2v) is 4.77. The number of benzene rings is 1. The van der Waals surface area contributed by atoms with Gasteiger partial charge in [0.25, 0.3) is 0 Å². The Hall–Kier alpha value is -2.10. The maximum atomic E-state index is 11.7. The summed E-state index contributed by atoms with van der Waals surface area (Å²) in [6.45, 7) is 3.31. The van der Waals surface area contributed by atoms with Crippen LogP contribution in [-0.4, -0.2) is 35.8 Å². The quantitative estimate of drug-likeness (QED) is 0.324. The Bertz CT molecular complexity index is 503. The highest BCUT2D eigenvalue weighted by Gasteiger charge is 2.29. The molecule has 1 aromatic rings. The Morgan fingerprint density at radius 3 is 2.53 bits per heavy atom. The molecule has 0 aliphatic heterocycles. The molecule has 0 aromatic heterocycles. The molecule has 0 aliphatic carbocycles. The molecule has 0 N–H and O–H groups in total. The summed E-state index contributed by atoms with van der Waals surface area (Å²) < 4.78 is 5.27. The van der Waals surface area contributed by atoms with Gasteiger partial charge in [0.2, 0.25) is 5.78 Å². The fourth-order valence-electron chi connectivity index (χ4n) is 1.40. The van der Waals surface area contributed by atoms with Crippen LogP contribution in [0.4, 0.5) is 0 Å². The lowest BCUT2D eigenvalue weighted by Crippen LogP contribution is -2.31. The lowest BCUT2D eigenvalue weighted by atomic mass is 9.90. The zero-order chi connectivity index (χ0) is 14.3. The predicted octanol–water partition coefficient (Wildman–Crippen LogP) is 1.78. The van der Waals surface area contributed by atoms with Gasteiger partial charge >= 0.3 is 6.21 Å². The highest BCUT2D eigenvalue weighted by molar-refractivity contribution is 6.27. The van der Waals surface area contributed by atoms with Crippen LogP contribution in [-0.2, 0) is 9.53 Å². The molecule has 1 aromatic carbocycles. The number of hydrogen-bond donors (Lipinski definition) is 0. The van der Waals surface area contributed by atoms with Crippen LogP contribution in [0.15, 0.2) is 30.3 Å². The molecule has 0 heterocycles. The van der Waals surface area contributed by atoms with E-state index in [1.54, 1.807) is 38.1 Å². The van der Waals surface area contributed by atoms with Crippen LogP contribution in [0.2, 0.25) is 0 Å². The summed E-state index contributed by atoms with van der Waals surface area (Å²) >= 11 is 0. The highest BCUT2D eigenvalue weighted by Crippen LogP contribution is 2.16. The summed E-state index contributed by atoms with van der Waals surface area (Å²) in [5.74, 6) is -0.498. The second kappa shape index (κ2) is 6.73. The van der Waals surface area contributed by atoms with Crippen molar-refractivity contribution in [1.29, 1.82) is 0 Å². The number of hydrogen-bond acceptors (Lipinski definition) is 3. The summed E-state index contributed by atoms with van der Waals surface area (Å²) in [5.41, 5.74) is 8.06. The van der Waals surface area contributed by atoms with Gasteiger partial charge in [-0.15, -0.1) is 0 Å². The van der Waals surface area contributed by atoms with Crippen molar-refractivity contribution in [1.82, 2.24) is 0 Å². The normalized spacial score (nSPS) is 10.6. The van der Waals surface area contributed by atoms with Crippen molar-refractivity contribution in [3.05, 3.63) is 41.4 Å². The van der Waals surface area contributed by atoms with Gasteiger partial charge in [-0.25, -0.2) is 0 Å². The highest BCUT2D eigenvalue weighted by atomic mass is 16.5. The first kappa shape index (κ1) is 15.0. The Labute approximate surface area is 111 Å². The summed E-state index contributed by atoms with van der Waals surface area (Å²) in [7, 11) is 0. The second-order valence-electron chi connectivity index (χ2n) is 4.77. The third-order valence-electron chi connectivity index (χ3n) is 2.63. The molecule has 5 heteroatoms. The third kappa shape index (κ3) is 4.58. The molecule has 5 nitrogen and oxygen atoms in total. The molecule has 100 valence electrons. The maximum absolute atomic E-state index is 11.7. The Morgan fingerprint density at radius 1 is 1.32 bits per heavy atom. The molecule has 0 spiro atoms. The molecule has 0 unspecified atom stereocenters. The van der Waals surface area contributed by atoms with Gasteiger partial charge < -0.3 is 10.3 Å². The van der Waals surface area contributed by atoms with Gasteiger partial charge in [-0.05, 0) is 0 Å². The minimum absolute atomic E-state index is 0.0798. The maximum Gasteiger partial charge on any atom is 0.323 e. The Morgan fingerprint density at radius 2 is 1.95 bits per heavy atom. The molecule has 0 bridgehead atoms. The van der Waals surface area contributed by atoms with Gasteiger partial charge in [-0.3, -0.25) is 9.59 Å². The first-order valence-corrected chi connectivity index (χ1v) is 5.85.